The molecule has 0 saturated heterocycles. The maximum atomic E-state index is 11.9. The van der Waals surface area contributed by atoms with Gasteiger partial charge in [-0.2, -0.15) is 0 Å². The third-order valence-electron chi connectivity index (χ3n) is 3.89. The highest BCUT2D eigenvalue weighted by Crippen LogP contribution is 2.30. The summed E-state index contributed by atoms with van der Waals surface area (Å²) in [5.74, 6) is 0.271. The molecule has 3 heterocycles. The molecule has 0 unspecified atom stereocenters. The van der Waals surface area contributed by atoms with Crippen LogP contribution in [-0.4, -0.2) is 20.7 Å². The lowest BCUT2D eigenvalue weighted by atomic mass is 10.2. The SMILES string of the molecule is CCc1sc(-c2nnc(COC(=O)CCn3c(C)csc3=O)o2)cc1C. The first kappa shape index (κ1) is 18.5. The second-order valence-electron chi connectivity index (χ2n) is 5.78. The number of thiophene rings is 1. The maximum absolute atomic E-state index is 11.9. The molecule has 7 nitrogen and oxygen atoms in total. The third kappa shape index (κ3) is 4.10. The first-order chi connectivity index (χ1) is 12.5. The molecular formula is C17H19N3O4S2. The van der Waals surface area contributed by atoms with Crippen molar-refractivity contribution in [3.8, 4) is 10.8 Å². The first-order valence-electron chi connectivity index (χ1n) is 8.20. The molecule has 0 aliphatic carbocycles. The molecule has 3 aromatic heterocycles. The van der Waals surface area contributed by atoms with Crippen molar-refractivity contribution in [3.05, 3.63) is 43.1 Å². The average molecular weight is 393 g/mol. The second kappa shape index (κ2) is 7.96. The van der Waals surface area contributed by atoms with Gasteiger partial charge in [0, 0.05) is 22.5 Å². The third-order valence-corrected chi connectivity index (χ3v) is 6.14. The van der Waals surface area contributed by atoms with E-state index >= 15 is 0 Å². The first-order valence-corrected chi connectivity index (χ1v) is 9.90. The lowest BCUT2D eigenvalue weighted by molar-refractivity contribution is -0.145. The van der Waals surface area contributed by atoms with Gasteiger partial charge in [-0.05, 0) is 31.9 Å². The number of aromatic nitrogens is 3. The summed E-state index contributed by atoms with van der Waals surface area (Å²) in [7, 11) is 0. The molecule has 3 aromatic rings. The van der Waals surface area contributed by atoms with Crippen LogP contribution < -0.4 is 4.87 Å². The number of carbonyl (C=O) groups is 1. The van der Waals surface area contributed by atoms with Gasteiger partial charge in [0.15, 0.2) is 6.61 Å². The van der Waals surface area contributed by atoms with Gasteiger partial charge >= 0.3 is 10.8 Å². The molecule has 0 bridgehead atoms. The van der Waals surface area contributed by atoms with E-state index in [1.54, 1.807) is 21.3 Å². The molecule has 0 aliphatic heterocycles. The van der Waals surface area contributed by atoms with E-state index in [1.165, 1.54) is 10.4 Å². The van der Waals surface area contributed by atoms with Crippen molar-refractivity contribution < 1.29 is 13.9 Å². The van der Waals surface area contributed by atoms with Crippen LogP contribution in [0, 0.1) is 13.8 Å². The number of carbonyl (C=O) groups excluding carboxylic acids is 1. The van der Waals surface area contributed by atoms with Crippen LogP contribution in [0.5, 0.6) is 0 Å². The molecule has 0 atom stereocenters. The Bertz CT molecular complexity index is 967. The molecule has 3 rings (SSSR count). The van der Waals surface area contributed by atoms with Crippen molar-refractivity contribution in [3.63, 3.8) is 0 Å². The van der Waals surface area contributed by atoms with E-state index in [2.05, 4.69) is 24.0 Å². The van der Waals surface area contributed by atoms with Crippen molar-refractivity contribution in [1.29, 1.82) is 0 Å². The summed E-state index contributed by atoms with van der Waals surface area (Å²) in [6.45, 7) is 6.22. The summed E-state index contributed by atoms with van der Waals surface area (Å²) in [5.41, 5.74) is 2.05. The van der Waals surface area contributed by atoms with Gasteiger partial charge < -0.3 is 13.7 Å². The van der Waals surface area contributed by atoms with E-state index < -0.39 is 5.97 Å². The van der Waals surface area contributed by atoms with Crippen molar-refractivity contribution >= 4 is 28.6 Å². The summed E-state index contributed by atoms with van der Waals surface area (Å²) in [6.07, 6.45) is 1.07. The highest BCUT2D eigenvalue weighted by Gasteiger charge is 2.14. The molecule has 0 saturated carbocycles. The molecular weight excluding hydrogens is 374 g/mol. The zero-order valence-electron chi connectivity index (χ0n) is 14.8. The maximum Gasteiger partial charge on any atom is 0.308 e. The molecule has 0 fully saturated rings. The Balaban J connectivity index is 1.54. The van der Waals surface area contributed by atoms with Crippen molar-refractivity contribution in [2.24, 2.45) is 0 Å². The Hall–Kier alpha value is -2.26. The second-order valence-corrected chi connectivity index (χ2v) is 7.73. The molecule has 26 heavy (non-hydrogen) atoms. The highest BCUT2D eigenvalue weighted by molar-refractivity contribution is 7.15. The van der Waals surface area contributed by atoms with Crippen LogP contribution in [0.25, 0.3) is 10.8 Å². The van der Waals surface area contributed by atoms with E-state index in [0.29, 0.717) is 12.4 Å². The quantitative estimate of drug-likeness (QED) is 0.572. The standard InChI is InChI=1S/C17H19N3O4S2/c1-4-12-10(2)7-13(26-12)16-19-18-14(24-16)8-23-15(21)5-6-20-11(3)9-25-17(20)22/h7,9H,4-6,8H2,1-3H3. The number of hydrogen-bond donors (Lipinski definition) is 0. The van der Waals surface area contributed by atoms with Crippen LogP contribution >= 0.6 is 22.7 Å². The van der Waals surface area contributed by atoms with Gasteiger partial charge in [-0.25, -0.2) is 0 Å². The minimum absolute atomic E-state index is 0.0745. The van der Waals surface area contributed by atoms with E-state index in [-0.39, 0.29) is 23.8 Å². The fourth-order valence-corrected chi connectivity index (χ4v) is 4.28. The molecule has 9 heteroatoms. The van der Waals surface area contributed by atoms with Crippen molar-refractivity contribution in [1.82, 2.24) is 14.8 Å². The molecule has 0 amide bonds. The zero-order chi connectivity index (χ0) is 18.7. The Kier molecular flexibility index (Phi) is 5.67. The van der Waals surface area contributed by atoms with Gasteiger partial charge in [0.2, 0.25) is 0 Å². The Morgan fingerprint density at radius 2 is 2.15 bits per heavy atom. The minimum atomic E-state index is -0.414. The van der Waals surface area contributed by atoms with Crippen LogP contribution in [0.3, 0.4) is 0 Å². The van der Waals surface area contributed by atoms with Crippen LogP contribution in [0.1, 0.15) is 35.4 Å². The number of thiazole rings is 1. The summed E-state index contributed by atoms with van der Waals surface area (Å²) in [4.78, 5) is 25.6. The van der Waals surface area contributed by atoms with Gasteiger partial charge in [-0.3, -0.25) is 9.59 Å². The fourth-order valence-electron chi connectivity index (χ4n) is 2.48. The fraction of sp³-hybridized carbons (Fsp3) is 0.412. The average Bonchev–Trinajstić information content (AvgIpc) is 3.31. The smallest absolute Gasteiger partial charge is 0.308 e. The lowest BCUT2D eigenvalue weighted by Gasteiger charge is -2.04. The van der Waals surface area contributed by atoms with E-state index in [4.69, 9.17) is 9.15 Å². The van der Waals surface area contributed by atoms with Gasteiger partial charge in [0.05, 0.1) is 11.3 Å². The number of nitrogens with zero attached hydrogens (tertiary/aromatic N) is 3. The molecule has 0 aliphatic rings. The van der Waals surface area contributed by atoms with E-state index in [1.807, 2.05) is 13.0 Å². The Morgan fingerprint density at radius 3 is 2.81 bits per heavy atom. The molecule has 0 N–H and O–H groups in total. The summed E-state index contributed by atoms with van der Waals surface area (Å²) in [5, 5.41) is 9.72. The van der Waals surface area contributed by atoms with Crippen LogP contribution in [0.4, 0.5) is 0 Å². The monoisotopic (exact) mass is 393 g/mol. The Labute approximate surface area is 158 Å². The molecule has 138 valence electrons. The van der Waals surface area contributed by atoms with Crippen molar-refractivity contribution in [2.45, 2.75) is 46.8 Å². The zero-order valence-corrected chi connectivity index (χ0v) is 16.4. The number of aryl methyl sites for hydroxylation is 3. The molecule has 0 spiro atoms. The normalized spacial score (nSPS) is 11.0. The topological polar surface area (TPSA) is 87.2 Å². The van der Waals surface area contributed by atoms with E-state index in [9.17, 15) is 9.59 Å². The number of rotatable bonds is 7. The predicted octanol–water partition coefficient (Wildman–Crippen LogP) is 3.33. The lowest BCUT2D eigenvalue weighted by Crippen LogP contribution is -2.17. The predicted molar refractivity (Wildman–Crippen MR) is 99.5 cm³/mol. The van der Waals surface area contributed by atoms with Gasteiger partial charge in [0.25, 0.3) is 11.8 Å². The van der Waals surface area contributed by atoms with E-state index in [0.717, 1.165) is 28.3 Å². The van der Waals surface area contributed by atoms with Crippen LogP contribution in [-0.2, 0) is 29.1 Å². The Morgan fingerprint density at radius 1 is 1.35 bits per heavy atom. The van der Waals surface area contributed by atoms with Crippen molar-refractivity contribution in [2.75, 3.05) is 0 Å². The highest BCUT2D eigenvalue weighted by atomic mass is 32.1. The van der Waals surface area contributed by atoms with Gasteiger partial charge in [-0.1, -0.05) is 18.3 Å². The largest absolute Gasteiger partial charge is 0.456 e. The van der Waals surface area contributed by atoms with Gasteiger partial charge in [-0.15, -0.1) is 21.5 Å². The minimum Gasteiger partial charge on any atom is -0.456 e. The molecule has 0 radical (unpaired) electrons. The summed E-state index contributed by atoms with van der Waals surface area (Å²) < 4.78 is 12.3. The number of ether oxygens (including phenoxy) is 1. The number of hydrogen-bond acceptors (Lipinski definition) is 8. The summed E-state index contributed by atoms with van der Waals surface area (Å²) in [6, 6.07) is 2.02. The number of esters is 1. The van der Waals surface area contributed by atoms with Crippen LogP contribution in [0.15, 0.2) is 20.7 Å². The van der Waals surface area contributed by atoms with Gasteiger partial charge in [0.1, 0.15) is 0 Å². The molecule has 0 aromatic carbocycles. The van der Waals surface area contributed by atoms with Crippen LogP contribution in [0.2, 0.25) is 0 Å². The summed E-state index contributed by atoms with van der Waals surface area (Å²) >= 11 is 2.75.